The number of hydrogen-bond acceptors (Lipinski definition) is 4. The lowest BCUT2D eigenvalue weighted by Crippen LogP contribution is -2.41. The summed E-state index contributed by atoms with van der Waals surface area (Å²) in [4.78, 5) is 0. The zero-order chi connectivity index (χ0) is 7.90. The number of benzene rings is 1. The van der Waals surface area contributed by atoms with E-state index in [1.807, 2.05) is 30.3 Å². The largest absolute Gasteiger partial charge is 0.280 e. The Hall–Kier alpha value is -1.10. The summed E-state index contributed by atoms with van der Waals surface area (Å²) in [5.74, 6) is -0.846. The minimum Gasteiger partial charge on any atom is -0.280 e. The molecule has 0 aromatic heterocycles. The van der Waals surface area contributed by atoms with Crippen LogP contribution in [0.4, 0.5) is 5.69 Å². The van der Waals surface area contributed by atoms with Gasteiger partial charge in [-0.25, -0.2) is 0 Å². The third kappa shape index (κ3) is 1.07. The maximum atomic E-state index is 5.53. The van der Waals surface area contributed by atoms with E-state index in [2.05, 4.69) is 5.43 Å². The highest BCUT2D eigenvalue weighted by atomic mass is 15.9. The van der Waals surface area contributed by atoms with E-state index in [-0.39, 0.29) is 0 Å². The number of hydrazine groups is 1. The van der Waals surface area contributed by atoms with Crippen molar-refractivity contribution in [2.45, 2.75) is 5.91 Å². The van der Waals surface area contributed by atoms with Crippen molar-refractivity contribution in [3.8, 4) is 0 Å². The van der Waals surface area contributed by atoms with Crippen LogP contribution in [0.5, 0.6) is 0 Å². The molecule has 0 bridgehead atoms. The standard InChI is InChI=1S/C7H10N4/c8-7(9)10-11(7)6-4-2-1-3-5-6/h1-5,10H,8-9H2. The lowest BCUT2D eigenvalue weighted by Gasteiger charge is -2.02. The summed E-state index contributed by atoms with van der Waals surface area (Å²) < 4.78 is 0. The molecule has 4 nitrogen and oxygen atoms in total. The van der Waals surface area contributed by atoms with Crippen LogP contribution in [0.25, 0.3) is 0 Å². The number of anilines is 1. The van der Waals surface area contributed by atoms with Gasteiger partial charge in [0.2, 0.25) is 5.91 Å². The van der Waals surface area contributed by atoms with Gasteiger partial charge in [0.15, 0.2) is 0 Å². The molecule has 1 saturated heterocycles. The lowest BCUT2D eigenvalue weighted by molar-refractivity contribution is 0.690. The first-order chi connectivity index (χ1) is 5.20. The van der Waals surface area contributed by atoms with Crippen molar-refractivity contribution < 1.29 is 0 Å². The third-order valence-electron chi connectivity index (χ3n) is 1.63. The zero-order valence-corrected chi connectivity index (χ0v) is 5.99. The fourth-order valence-electron chi connectivity index (χ4n) is 1.01. The van der Waals surface area contributed by atoms with E-state index in [0.29, 0.717) is 0 Å². The highest BCUT2D eigenvalue weighted by Gasteiger charge is 2.44. The molecule has 0 amide bonds. The Balaban J connectivity index is 2.21. The molecule has 5 N–H and O–H groups in total. The average molecular weight is 150 g/mol. The van der Waals surface area contributed by atoms with Gasteiger partial charge in [0.1, 0.15) is 0 Å². The number of rotatable bonds is 1. The van der Waals surface area contributed by atoms with E-state index < -0.39 is 5.91 Å². The smallest absolute Gasteiger partial charge is 0.231 e. The highest BCUT2D eigenvalue weighted by molar-refractivity contribution is 5.52. The molecule has 58 valence electrons. The van der Waals surface area contributed by atoms with Gasteiger partial charge in [-0.3, -0.25) is 16.5 Å². The average Bonchev–Trinajstić information content (AvgIpc) is 2.62. The number of nitrogens with two attached hydrogens (primary N) is 2. The highest BCUT2D eigenvalue weighted by Crippen LogP contribution is 2.22. The second-order valence-electron chi connectivity index (χ2n) is 2.61. The summed E-state index contributed by atoms with van der Waals surface area (Å²) >= 11 is 0. The second-order valence-corrected chi connectivity index (χ2v) is 2.61. The Morgan fingerprint density at radius 2 is 1.73 bits per heavy atom. The van der Waals surface area contributed by atoms with Crippen LogP contribution in [-0.2, 0) is 0 Å². The molecular weight excluding hydrogens is 140 g/mol. The molecule has 1 aliphatic rings. The van der Waals surface area contributed by atoms with Gasteiger partial charge in [0.05, 0.1) is 5.69 Å². The van der Waals surface area contributed by atoms with Gasteiger partial charge in [-0.2, -0.15) is 5.43 Å². The van der Waals surface area contributed by atoms with Crippen molar-refractivity contribution in [1.29, 1.82) is 0 Å². The Morgan fingerprint density at radius 1 is 1.18 bits per heavy atom. The SMILES string of the molecule is NC1(N)NN1c1ccccc1. The molecular formula is C7H10N4. The topological polar surface area (TPSA) is 77.0 Å². The molecule has 0 aliphatic carbocycles. The maximum Gasteiger partial charge on any atom is 0.231 e. The van der Waals surface area contributed by atoms with Crippen molar-refractivity contribution in [3.05, 3.63) is 30.3 Å². The second kappa shape index (κ2) is 1.94. The molecule has 0 spiro atoms. The van der Waals surface area contributed by atoms with E-state index in [4.69, 9.17) is 11.5 Å². The van der Waals surface area contributed by atoms with Gasteiger partial charge in [-0.1, -0.05) is 18.2 Å². The summed E-state index contributed by atoms with van der Waals surface area (Å²) in [6.45, 7) is 0. The zero-order valence-electron chi connectivity index (χ0n) is 5.99. The van der Waals surface area contributed by atoms with Gasteiger partial charge < -0.3 is 0 Å². The van der Waals surface area contributed by atoms with Crippen LogP contribution in [0, 0.1) is 0 Å². The number of hydrogen-bond donors (Lipinski definition) is 3. The minimum atomic E-state index is -0.846. The monoisotopic (exact) mass is 150 g/mol. The van der Waals surface area contributed by atoms with E-state index in [9.17, 15) is 0 Å². The van der Waals surface area contributed by atoms with Crippen LogP contribution >= 0.6 is 0 Å². The van der Waals surface area contributed by atoms with Crippen LogP contribution in [0.1, 0.15) is 0 Å². The number of nitrogens with one attached hydrogen (secondary N) is 1. The molecule has 1 fully saturated rings. The Kier molecular flexibility index (Phi) is 1.17. The molecule has 0 radical (unpaired) electrons. The van der Waals surface area contributed by atoms with E-state index in [1.54, 1.807) is 5.01 Å². The van der Waals surface area contributed by atoms with Gasteiger partial charge >= 0.3 is 0 Å². The predicted octanol–water partition coefficient (Wildman–Crippen LogP) is -0.460. The summed E-state index contributed by atoms with van der Waals surface area (Å²) in [6.07, 6.45) is 0. The van der Waals surface area contributed by atoms with Gasteiger partial charge in [0.25, 0.3) is 0 Å². The molecule has 2 rings (SSSR count). The summed E-state index contributed by atoms with van der Waals surface area (Å²) in [5, 5.41) is 1.70. The van der Waals surface area contributed by atoms with Crippen molar-refractivity contribution >= 4 is 5.69 Å². The third-order valence-corrected chi connectivity index (χ3v) is 1.63. The Labute approximate surface area is 64.8 Å². The molecule has 0 unspecified atom stereocenters. The molecule has 1 aliphatic heterocycles. The summed E-state index contributed by atoms with van der Waals surface area (Å²) in [6, 6.07) is 9.70. The van der Waals surface area contributed by atoms with Crippen LogP contribution in [0.3, 0.4) is 0 Å². The molecule has 4 heteroatoms. The van der Waals surface area contributed by atoms with Crippen LogP contribution in [0.15, 0.2) is 30.3 Å². The minimum absolute atomic E-state index is 0.846. The molecule has 1 aromatic carbocycles. The van der Waals surface area contributed by atoms with Crippen molar-refractivity contribution in [2.24, 2.45) is 11.5 Å². The quantitative estimate of drug-likeness (QED) is 0.374. The fraction of sp³-hybridized carbons (Fsp3) is 0.143. The normalized spacial score (nSPS) is 20.0. The molecule has 0 atom stereocenters. The van der Waals surface area contributed by atoms with Crippen molar-refractivity contribution in [3.63, 3.8) is 0 Å². The maximum absolute atomic E-state index is 5.53. The van der Waals surface area contributed by atoms with Crippen molar-refractivity contribution in [2.75, 3.05) is 5.01 Å². The Morgan fingerprint density at radius 3 is 2.18 bits per heavy atom. The molecule has 0 saturated carbocycles. The summed E-state index contributed by atoms with van der Waals surface area (Å²) in [5.41, 5.74) is 14.9. The fourth-order valence-corrected chi connectivity index (χ4v) is 1.01. The van der Waals surface area contributed by atoms with E-state index in [1.165, 1.54) is 0 Å². The van der Waals surface area contributed by atoms with Gasteiger partial charge in [-0.15, -0.1) is 0 Å². The summed E-state index contributed by atoms with van der Waals surface area (Å²) in [7, 11) is 0. The molecule has 1 aromatic rings. The van der Waals surface area contributed by atoms with Gasteiger partial charge in [0, 0.05) is 0 Å². The molecule has 1 heterocycles. The number of nitrogens with zero attached hydrogens (tertiary/aromatic N) is 1. The first kappa shape index (κ1) is 6.60. The Bertz CT molecular complexity index is 256. The first-order valence-electron chi connectivity index (χ1n) is 3.41. The van der Waals surface area contributed by atoms with E-state index >= 15 is 0 Å². The van der Waals surface area contributed by atoms with Crippen LogP contribution in [0.2, 0.25) is 0 Å². The first-order valence-corrected chi connectivity index (χ1v) is 3.41. The van der Waals surface area contributed by atoms with E-state index in [0.717, 1.165) is 5.69 Å². The van der Waals surface area contributed by atoms with Crippen LogP contribution in [-0.4, -0.2) is 5.91 Å². The predicted molar refractivity (Wildman–Crippen MR) is 43.2 cm³/mol. The van der Waals surface area contributed by atoms with Gasteiger partial charge in [-0.05, 0) is 12.1 Å². The molecule has 11 heavy (non-hydrogen) atoms. The number of para-hydroxylation sites is 1. The van der Waals surface area contributed by atoms with Crippen LogP contribution < -0.4 is 21.9 Å². The lowest BCUT2D eigenvalue weighted by atomic mass is 10.3. The van der Waals surface area contributed by atoms with Crippen molar-refractivity contribution in [1.82, 2.24) is 5.43 Å².